The highest BCUT2D eigenvalue weighted by molar-refractivity contribution is 7.89. The number of aromatic nitrogens is 2. The topological polar surface area (TPSA) is 87.0 Å². The van der Waals surface area contributed by atoms with Crippen LogP contribution in [0, 0.1) is 11.3 Å². The van der Waals surface area contributed by atoms with E-state index in [4.69, 9.17) is 16.9 Å². The van der Waals surface area contributed by atoms with E-state index in [1.165, 1.54) is 0 Å². The fraction of sp³-hybridized carbons (Fsp3) is 0.154. The molecule has 0 spiro atoms. The summed E-state index contributed by atoms with van der Waals surface area (Å²) in [5.41, 5.74) is 0.784. The molecular formula is C13H11ClN4O2S. The zero-order chi connectivity index (χ0) is 15.3. The molecular weight excluding hydrogens is 312 g/mol. The van der Waals surface area contributed by atoms with Gasteiger partial charge in [0.1, 0.15) is 11.4 Å². The third kappa shape index (κ3) is 3.76. The van der Waals surface area contributed by atoms with Gasteiger partial charge in [-0.3, -0.25) is 0 Å². The Kier molecular flexibility index (Phi) is 4.85. The molecule has 0 atom stereocenters. The van der Waals surface area contributed by atoms with Gasteiger partial charge in [0.2, 0.25) is 15.3 Å². The summed E-state index contributed by atoms with van der Waals surface area (Å²) < 4.78 is 26.0. The van der Waals surface area contributed by atoms with Crippen LogP contribution in [0.25, 0.3) is 0 Å². The van der Waals surface area contributed by atoms with Crippen LogP contribution in [0.15, 0.2) is 47.6 Å². The standard InChI is InChI=1S/C13H11ClN4O2S/c14-13-16-8-12(9-17-13)21(19,20)18(7-6-15)10-11-4-2-1-3-5-11/h1-5,8-9H,7,10H2. The number of sulfonamides is 1. The minimum Gasteiger partial charge on any atom is -0.225 e. The molecule has 0 saturated heterocycles. The summed E-state index contributed by atoms with van der Waals surface area (Å²) in [6.45, 7) is -0.167. The van der Waals surface area contributed by atoms with Gasteiger partial charge in [-0.25, -0.2) is 18.4 Å². The monoisotopic (exact) mass is 322 g/mol. The molecule has 0 amide bonds. The van der Waals surface area contributed by atoms with Crippen molar-refractivity contribution in [2.24, 2.45) is 0 Å². The third-order valence-corrected chi connectivity index (χ3v) is 4.62. The summed E-state index contributed by atoms with van der Waals surface area (Å²) in [7, 11) is -3.85. The van der Waals surface area contributed by atoms with E-state index in [0.29, 0.717) is 0 Å². The highest BCUT2D eigenvalue weighted by atomic mass is 35.5. The molecule has 1 aromatic carbocycles. The van der Waals surface area contributed by atoms with Crippen LogP contribution in [0.5, 0.6) is 0 Å². The van der Waals surface area contributed by atoms with Gasteiger partial charge in [-0.05, 0) is 17.2 Å². The summed E-state index contributed by atoms with van der Waals surface area (Å²) in [6.07, 6.45) is 2.25. The molecule has 2 aromatic rings. The van der Waals surface area contributed by atoms with Gasteiger partial charge in [-0.15, -0.1) is 0 Å². The van der Waals surface area contributed by atoms with Crippen molar-refractivity contribution in [3.8, 4) is 6.07 Å². The molecule has 2 rings (SSSR count). The lowest BCUT2D eigenvalue weighted by Crippen LogP contribution is -2.31. The fourth-order valence-electron chi connectivity index (χ4n) is 1.67. The van der Waals surface area contributed by atoms with E-state index in [1.54, 1.807) is 24.3 Å². The molecule has 0 aliphatic heterocycles. The second-order valence-corrected chi connectivity index (χ2v) is 6.38. The van der Waals surface area contributed by atoms with E-state index < -0.39 is 10.0 Å². The summed E-state index contributed by atoms with van der Waals surface area (Å²) in [5.74, 6) is 0. The first-order valence-electron chi connectivity index (χ1n) is 5.92. The molecule has 0 aliphatic rings. The third-order valence-electron chi connectivity index (χ3n) is 2.68. The molecule has 1 aromatic heterocycles. The quantitative estimate of drug-likeness (QED) is 0.619. The molecule has 6 nitrogen and oxygen atoms in total. The van der Waals surface area contributed by atoms with Gasteiger partial charge in [0.25, 0.3) is 0 Å². The van der Waals surface area contributed by atoms with E-state index in [1.807, 2.05) is 12.1 Å². The molecule has 0 bridgehead atoms. The molecule has 0 aliphatic carbocycles. The molecule has 108 valence electrons. The van der Waals surface area contributed by atoms with Crippen molar-refractivity contribution in [1.29, 1.82) is 5.26 Å². The van der Waals surface area contributed by atoms with Gasteiger partial charge in [0, 0.05) is 6.54 Å². The van der Waals surface area contributed by atoms with Gasteiger partial charge < -0.3 is 0 Å². The van der Waals surface area contributed by atoms with Gasteiger partial charge >= 0.3 is 0 Å². The Labute approximate surface area is 127 Å². The number of rotatable bonds is 5. The molecule has 0 saturated carbocycles. The highest BCUT2D eigenvalue weighted by Gasteiger charge is 2.25. The largest absolute Gasteiger partial charge is 0.247 e. The maximum Gasteiger partial charge on any atom is 0.247 e. The summed E-state index contributed by atoms with van der Waals surface area (Å²) in [5, 5.41) is 8.82. The van der Waals surface area contributed by atoms with E-state index >= 15 is 0 Å². The maximum atomic E-state index is 12.5. The predicted molar refractivity (Wildman–Crippen MR) is 76.7 cm³/mol. The van der Waals surface area contributed by atoms with Crippen molar-refractivity contribution < 1.29 is 8.42 Å². The molecule has 0 N–H and O–H groups in total. The van der Waals surface area contributed by atoms with Crippen molar-refractivity contribution in [3.05, 3.63) is 53.6 Å². The van der Waals surface area contributed by atoms with Crippen LogP contribution >= 0.6 is 11.6 Å². The lowest BCUT2D eigenvalue weighted by Gasteiger charge is -2.19. The second-order valence-electron chi connectivity index (χ2n) is 4.10. The summed E-state index contributed by atoms with van der Waals surface area (Å²) in [6, 6.07) is 10.9. The van der Waals surface area contributed by atoms with Gasteiger partial charge in [-0.1, -0.05) is 30.3 Å². The number of benzene rings is 1. The van der Waals surface area contributed by atoms with Crippen LogP contribution in [0.1, 0.15) is 5.56 Å². The first kappa shape index (κ1) is 15.4. The Morgan fingerprint density at radius 1 is 1.19 bits per heavy atom. The van der Waals surface area contributed by atoms with Gasteiger partial charge in [-0.2, -0.15) is 9.57 Å². The summed E-state index contributed by atoms with van der Waals surface area (Å²) >= 11 is 5.55. The van der Waals surface area contributed by atoms with E-state index in [2.05, 4.69) is 9.97 Å². The number of nitriles is 1. The lowest BCUT2D eigenvalue weighted by atomic mass is 10.2. The Balaban J connectivity index is 2.32. The number of hydrogen-bond acceptors (Lipinski definition) is 5. The van der Waals surface area contributed by atoms with Crippen molar-refractivity contribution in [2.45, 2.75) is 11.4 Å². The Hall–Kier alpha value is -2.01. The number of halogens is 1. The van der Waals surface area contributed by atoms with Crippen molar-refractivity contribution in [3.63, 3.8) is 0 Å². The van der Waals surface area contributed by atoms with Crippen LogP contribution in [-0.2, 0) is 16.6 Å². The van der Waals surface area contributed by atoms with Crippen LogP contribution in [0.4, 0.5) is 0 Å². The minimum absolute atomic E-state index is 0.0381. The van der Waals surface area contributed by atoms with E-state index in [9.17, 15) is 8.42 Å². The smallest absolute Gasteiger partial charge is 0.225 e. The maximum absolute atomic E-state index is 12.5. The average Bonchev–Trinajstić information content (AvgIpc) is 2.48. The molecule has 0 radical (unpaired) electrons. The van der Waals surface area contributed by atoms with Crippen LogP contribution in [-0.4, -0.2) is 29.2 Å². The molecule has 0 fully saturated rings. The highest BCUT2D eigenvalue weighted by Crippen LogP contribution is 2.17. The normalized spacial score (nSPS) is 11.3. The van der Waals surface area contributed by atoms with Crippen molar-refractivity contribution in [1.82, 2.24) is 14.3 Å². The molecule has 21 heavy (non-hydrogen) atoms. The zero-order valence-corrected chi connectivity index (χ0v) is 12.4. The first-order chi connectivity index (χ1) is 10.0. The van der Waals surface area contributed by atoms with Crippen LogP contribution < -0.4 is 0 Å². The molecule has 8 heteroatoms. The van der Waals surface area contributed by atoms with E-state index in [0.717, 1.165) is 22.3 Å². The SMILES string of the molecule is N#CCN(Cc1ccccc1)S(=O)(=O)c1cnc(Cl)nc1. The lowest BCUT2D eigenvalue weighted by molar-refractivity contribution is 0.441. The van der Waals surface area contributed by atoms with Gasteiger partial charge in [0.05, 0.1) is 18.5 Å². The number of hydrogen-bond donors (Lipinski definition) is 0. The number of nitrogens with zero attached hydrogens (tertiary/aromatic N) is 4. The van der Waals surface area contributed by atoms with Crippen molar-refractivity contribution >= 4 is 21.6 Å². The Morgan fingerprint density at radius 3 is 2.38 bits per heavy atom. The molecule has 0 unspecified atom stereocenters. The Bertz CT molecular complexity index is 742. The predicted octanol–water partition coefficient (Wildman–Crippen LogP) is 1.84. The van der Waals surface area contributed by atoms with Crippen molar-refractivity contribution in [2.75, 3.05) is 6.54 Å². The van der Waals surface area contributed by atoms with E-state index in [-0.39, 0.29) is 23.3 Å². The fourth-order valence-corrected chi connectivity index (χ4v) is 2.99. The average molecular weight is 323 g/mol. The minimum atomic E-state index is -3.85. The summed E-state index contributed by atoms with van der Waals surface area (Å²) in [4.78, 5) is 7.22. The second kappa shape index (κ2) is 6.63. The Morgan fingerprint density at radius 2 is 1.81 bits per heavy atom. The van der Waals surface area contributed by atoms with Crippen LogP contribution in [0.3, 0.4) is 0 Å². The zero-order valence-electron chi connectivity index (χ0n) is 10.8. The van der Waals surface area contributed by atoms with Gasteiger partial charge in [0.15, 0.2) is 0 Å². The first-order valence-corrected chi connectivity index (χ1v) is 7.74. The van der Waals surface area contributed by atoms with Crippen LogP contribution in [0.2, 0.25) is 5.28 Å². The molecule has 1 heterocycles.